The summed E-state index contributed by atoms with van der Waals surface area (Å²) in [6, 6.07) is 1.81. The van der Waals surface area contributed by atoms with Gasteiger partial charge in [-0.05, 0) is 25.3 Å². The van der Waals surface area contributed by atoms with Gasteiger partial charge in [0, 0.05) is 15.8 Å². The van der Waals surface area contributed by atoms with Crippen molar-refractivity contribution in [3.63, 3.8) is 0 Å². The van der Waals surface area contributed by atoms with E-state index in [0.717, 1.165) is 29.0 Å². The largest absolute Gasteiger partial charge is 0.346 e. The Morgan fingerprint density at radius 3 is 2.31 bits per heavy atom. The van der Waals surface area contributed by atoms with Crippen LogP contribution in [0.2, 0.25) is 0 Å². The lowest BCUT2D eigenvalue weighted by atomic mass is 9.90. The maximum Gasteiger partial charge on any atom is 0.261 e. The summed E-state index contributed by atoms with van der Waals surface area (Å²) in [6.45, 7) is 6.35. The summed E-state index contributed by atoms with van der Waals surface area (Å²) < 4.78 is 0. The molecule has 0 spiro atoms. The third-order valence-electron chi connectivity index (χ3n) is 3.22. The first kappa shape index (κ1) is 13.6. The van der Waals surface area contributed by atoms with E-state index in [1.807, 2.05) is 11.4 Å². The molecule has 2 nitrogen and oxygen atoms in total. The van der Waals surface area contributed by atoms with Crippen LogP contribution in [0.5, 0.6) is 0 Å². The fraction of sp³-hybridized carbons (Fsp3) is 0.583. The monoisotopic (exact) mass is 257 g/mol. The second-order valence-electron chi connectivity index (χ2n) is 3.96. The zero-order chi connectivity index (χ0) is 12.2. The Balaban J connectivity index is 2.76. The van der Waals surface area contributed by atoms with Crippen molar-refractivity contribution in [1.29, 1.82) is 0 Å². The fourth-order valence-corrected chi connectivity index (χ4v) is 2.81. The minimum atomic E-state index is -0.0577. The van der Waals surface area contributed by atoms with Crippen LogP contribution in [-0.2, 0) is 0 Å². The molecule has 0 aromatic carbocycles. The van der Waals surface area contributed by atoms with Gasteiger partial charge in [0.05, 0.1) is 4.88 Å². The number of carbonyl (C=O) groups is 1. The Bertz CT molecular complexity index is 347. The number of amides is 1. The van der Waals surface area contributed by atoms with Crippen molar-refractivity contribution in [2.45, 2.75) is 50.5 Å². The van der Waals surface area contributed by atoms with E-state index in [4.69, 9.17) is 0 Å². The third kappa shape index (κ3) is 3.01. The van der Waals surface area contributed by atoms with E-state index >= 15 is 0 Å². The number of nitrogens with one attached hydrogen (secondary N) is 1. The van der Waals surface area contributed by atoms with Crippen LogP contribution in [0, 0.1) is 0 Å². The third-order valence-corrected chi connectivity index (χ3v) is 4.58. The second kappa shape index (κ2) is 5.73. The van der Waals surface area contributed by atoms with E-state index in [9.17, 15) is 4.79 Å². The van der Waals surface area contributed by atoms with Crippen molar-refractivity contribution >= 4 is 29.9 Å². The van der Waals surface area contributed by atoms with Crippen LogP contribution in [0.3, 0.4) is 0 Å². The highest BCUT2D eigenvalue weighted by atomic mass is 32.1. The molecule has 0 aliphatic heterocycles. The summed E-state index contributed by atoms with van der Waals surface area (Å²) in [5.74, 6) is 0.0239. The quantitative estimate of drug-likeness (QED) is 0.773. The first-order valence-electron chi connectivity index (χ1n) is 5.67. The van der Waals surface area contributed by atoms with Crippen LogP contribution in [0.4, 0.5) is 0 Å². The highest BCUT2D eigenvalue weighted by Gasteiger charge is 2.26. The van der Waals surface area contributed by atoms with Crippen LogP contribution >= 0.6 is 24.0 Å². The van der Waals surface area contributed by atoms with Crippen LogP contribution in [-0.4, -0.2) is 11.4 Å². The number of hydrogen-bond acceptors (Lipinski definition) is 3. The molecular formula is C12H19NOS2. The van der Waals surface area contributed by atoms with Crippen molar-refractivity contribution in [2.24, 2.45) is 0 Å². The Morgan fingerprint density at radius 2 is 1.94 bits per heavy atom. The first-order valence-corrected chi connectivity index (χ1v) is 6.99. The molecule has 1 N–H and O–H groups in total. The lowest BCUT2D eigenvalue weighted by Gasteiger charge is -2.31. The normalized spacial score (nSPS) is 11.5. The Morgan fingerprint density at radius 1 is 1.38 bits per heavy atom. The molecule has 0 atom stereocenters. The highest BCUT2D eigenvalue weighted by Crippen LogP contribution is 2.22. The van der Waals surface area contributed by atoms with Gasteiger partial charge in [0.1, 0.15) is 0 Å². The summed E-state index contributed by atoms with van der Waals surface area (Å²) in [6.07, 6.45) is 2.89. The van der Waals surface area contributed by atoms with Gasteiger partial charge in [0.15, 0.2) is 0 Å². The molecule has 1 heterocycles. The molecule has 1 aromatic rings. The summed E-state index contributed by atoms with van der Waals surface area (Å²) in [5.41, 5.74) is -0.0577. The standard InChI is InChI=1S/C12H19NOS2/c1-4-12(5-2,6-3)13-11(14)10-7-9(15)8-16-10/h7-8,15H,4-6H2,1-3H3,(H,13,14). The van der Waals surface area contributed by atoms with E-state index in [1.165, 1.54) is 11.3 Å². The highest BCUT2D eigenvalue weighted by molar-refractivity contribution is 7.80. The minimum Gasteiger partial charge on any atom is -0.346 e. The van der Waals surface area contributed by atoms with Gasteiger partial charge in [0.2, 0.25) is 0 Å². The lowest BCUT2D eigenvalue weighted by Crippen LogP contribution is -2.46. The maximum absolute atomic E-state index is 12.0. The molecule has 1 rings (SSSR count). The topological polar surface area (TPSA) is 29.1 Å². The zero-order valence-electron chi connectivity index (χ0n) is 10.0. The SMILES string of the molecule is CCC(CC)(CC)NC(=O)c1cc(S)cs1. The predicted molar refractivity (Wildman–Crippen MR) is 72.6 cm³/mol. The van der Waals surface area contributed by atoms with Gasteiger partial charge < -0.3 is 5.32 Å². The van der Waals surface area contributed by atoms with Gasteiger partial charge in [-0.15, -0.1) is 24.0 Å². The fourth-order valence-electron chi connectivity index (χ4n) is 1.76. The van der Waals surface area contributed by atoms with Crippen LogP contribution in [0.25, 0.3) is 0 Å². The number of thiophene rings is 1. The molecule has 4 heteroatoms. The molecule has 0 aliphatic rings. The summed E-state index contributed by atoms with van der Waals surface area (Å²) >= 11 is 5.65. The molecule has 0 fully saturated rings. The second-order valence-corrected chi connectivity index (χ2v) is 5.39. The zero-order valence-corrected chi connectivity index (χ0v) is 11.8. The number of hydrogen-bond donors (Lipinski definition) is 2. The minimum absolute atomic E-state index is 0.0239. The Kier molecular flexibility index (Phi) is 4.87. The Hall–Kier alpha value is -0.480. The molecule has 0 saturated heterocycles. The molecule has 1 aromatic heterocycles. The van der Waals surface area contributed by atoms with E-state index in [0.29, 0.717) is 0 Å². The molecule has 0 aliphatic carbocycles. The van der Waals surface area contributed by atoms with Gasteiger partial charge in [-0.3, -0.25) is 4.79 Å². The first-order chi connectivity index (χ1) is 7.56. The summed E-state index contributed by atoms with van der Waals surface area (Å²) in [5, 5.41) is 5.03. The van der Waals surface area contributed by atoms with Crippen molar-refractivity contribution in [3.05, 3.63) is 16.3 Å². The Labute approximate surface area is 107 Å². The summed E-state index contributed by atoms with van der Waals surface area (Å²) in [4.78, 5) is 13.6. The van der Waals surface area contributed by atoms with Gasteiger partial charge >= 0.3 is 0 Å². The van der Waals surface area contributed by atoms with Gasteiger partial charge in [-0.1, -0.05) is 20.8 Å². The smallest absolute Gasteiger partial charge is 0.261 e. The molecule has 0 bridgehead atoms. The van der Waals surface area contributed by atoms with Crippen molar-refractivity contribution < 1.29 is 4.79 Å². The van der Waals surface area contributed by atoms with E-state index < -0.39 is 0 Å². The number of thiol groups is 1. The average molecular weight is 257 g/mol. The molecule has 0 saturated carbocycles. The molecular weight excluding hydrogens is 238 g/mol. The van der Waals surface area contributed by atoms with Crippen molar-refractivity contribution in [1.82, 2.24) is 5.32 Å². The van der Waals surface area contributed by atoms with Crippen molar-refractivity contribution in [3.8, 4) is 0 Å². The molecule has 0 radical (unpaired) electrons. The number of carbonyl (C=O) groups excluding carboxylic acids is 1. The van der Waals surface area contributed by atoms with Crippen LogP contribution in [0.1, 0.15) is 49.7 Å². The molecule has 90 valence electrons. The summed E-state index contributed by atoms with van der Waals surface area (Å²) in [7, 11) is 0. The van der Waals surface area contributed by atoms with Gasteiger partial charge in [-0.25, -0.2) is 0 Å². The molecule has 0 unspecified atom stereocenters. The van der Waals surface area contributed by atoms with Crippen LogP contribution in [0.15, 0.2) is 16.3 Å². The van der Waals surface area contributed by atoms with E-state index in [-0.39, 0.29) is 11.4 Å². The van der Waals surface area contributed by atoms with Gasteiger partial charge in [0.25, 0.3) is 5.91 Å². The van der Waals surface area contributed by atoms with Gasteiger partial charge in [-0.2, -0.15) is 0 Å². The number of rotatable bonds is 5. The van der Waals surface area contributed by atoms with Crippen LogP contribution < -0.4 is 5.32 Å². The van der Waals surface area contributed by atoms with Crippen molar-refractivity contribution in [2.75, 3.05) is 0 Å². The van der Waals surface area contributed by atoms with E-state index in [1.54, 1.807) is 0 Å². The molecule has 16 heavy (non-hydrogen) atoms. The lowest BCUT2D eigenvalue weighted by molar-refractivity contribution is 0.0892. The molecule has 1 amide bonds. The maximum atomic E-state index is 12.0. The van der Waals surface area contributed by atoms with E-state index in [2.05, 4.69) is 38.7 Å². The average Bonchev–Trinajstić information content (AvgIpc) is 2.73. The predicted octanol–water partition coefficient (Wildman–Crippen LogP) is 3.74.